The molecule has 3 atom stereocenters. The lowest BCUT2D eigenvalue weighted by Gasteiger charge is -2.47. The maximum absolute atomic E-state index is 11.9. The number of carboxylic acid groups (broad SMARTS) is 1. The maximum atomic E-state index is 11.9. The van der Waals surface area contributed by atoms with E-state index in [0.29, 0.717) is 12.3 Å². The number of carbonyl (C=O) groups is 2. The van der Waals surface area contributed by atoms with Gasteiger partial charge in [0.25, 0.3) is 0 Å². The predicted molar refractivity (Wildman–Crippen MR) is 62.3 cm³/mol. The van der Waals surface area contributed by atoms with Gasteiger partial charge in [0, 0.05) is 6.04 Å². The molecule has 1 saturated heterocycles. The minimum atomic E-state index is -0.893. The van der Waals surface area contributed by atoms with Gasteiger partial charge in [-0.15, -0.1) is 0 Å². The van der Waals surface area contributed by atoms with Crippen molar-refractivity contribution in [2.45, 2.75) is 50.6 Å². The van der Waals surface area contributed by atoms with Gasteiger partial charge in [-0.1, -0.05) is 12.8 Å². The Hall–Kier alpha value is -1.10. The molecule has 1 aliphatic carbocycles. The number of piperidine rings is 1. The average molecular weight is 240 g/mol. The lowest BCUT2D eigenvalue weighted by atomic mass is 9.76. The molecule has 2 rings (SSSR count). The monoisotopic (exact) mass is 240 g/mol. The standard InChI is InChI=1S/C12H20N2O3/c13-7-11(15)14-9-4-2-1-3-8(9)5-6-10(14)12(16)17/h8-10H,1-7,13H2,(H,16,17). The number of hydrogen-bond donors (Lipinski definition) is 2. The van der Waals surface area contributed by atoms with Gasteiger partial charge in [-0.05, 0) is 31.6 Å². The summed E-state index contributed by atoms with van der Waals surface area (Å²) in [5.41, 5.74) is 5.40. The van der Waals surface area contributed by atoms with Crippen molar-refractivity contribution in [1.82, 2.24) is 4.90 Å². The Morgan fingerprint density at radius 3 is 2.53 bits per heavy atom. The lowest BCUT2D eigenvalue weighted by Crippen LogP contribution is -2.58. The van der Waals surface area contributed by atoms with Gasteiger partial charge in [0.1, 0.15) is 6.04 Å². The van der Waals surface area contributed by atoms with E-state index in [2.05, 4.69) is 0 Å². The first-order chi connectivity index (χ1) is 8.15. The van der Waals surface area contributed by atoms with E-state index >= 15 is 0 Å². The van der Waals surface area contributed by atoms with Crippen molar-refractivity contribution in [3.05, 3.63) is 0 Å². The number of hydrogen-bond acceptors (Lipinski definition) is 3. The normalized spacial score (nSPS) is 33.0. The molecule has 1 aliphatic heterocycles. The van der Waals surface area contributed by atoms with Crippen LogP contribution in [0.3, 0.4) is 0 Å². The largest absolute Gasteiger partial charge is 0.480 e. The number of likely N-dealkylation sites (tertiary alicyclic amines) is 1. The third-order valence-corrected chi connectivity index (χ3v) is 4.12. The first kappa shape index (κ1) is 12.4. The van der Waals surface area contributed by atoms with Crippen LogP contribution in [0.1, 0.15) is 38.5 Å². The van der Waals surface area contributed by atoms with E-state index in [9.17, 15) is 14.7 Å². The molecule has 0 aromatic heterocycles. The molecule has 0 bridgehead atoms. The van der Waals surface area contributed by atoms with Crippen LogP contribution in [0.15, 0.2) is 0 Å². The number of nitrogens with two attached hydrogens (primary N) is 1. The van der Waals surface area contributed by atoms with Gasteiger partial charge in [0.15, 0.2) is 0 Å². The minimum absolute atomic E-state index is 0.0903. The van der Waals surface area contributed by atoms with Crippen molar-refractivity contribution < 1.29 is 14.7 Å². The zero-order valence-corrected chi connectivity index (χ0v) is 9.97. The van der Waals surface area contributed by atoms with Crippen molar-refractivity contribution in [3.63, 3.8) is 0 Å². The van der Waals surface area contributed by atoms with Gasteiger partial charge in [-0.2, -0.15) is 0 Å². The van der Waals surface area contributed by atoms with E-state index in [1.807, 2.05) is 0 Å². The zero-order chi connectivity index (χ0) is 12.4. The fourth-order valence-corrected chi connectivity index (χ4v) is 3.34. The van der Waals surface area contributed by atoms with E-state index in [-0.39, 0.29) is 18.5 Å². The van der Waals surface area contributed by atoms with Crippen LogP contribution in [0.5, 0.6) is 0 Å². The third kappa shape index (κ3) is 2.29. The van der Waals surface area contributed by atoms with Crippen LogP contribution >= 0.6 is 0 Å². The minimum Gasteiger partial charge on any atom is -0.480 e. The topological polar surface area (TPSA) is 83.6 Å². The highest BCUT2D eigenvalue weighted by Gasteiger charge is 2.43. The second-order valence-electron chi connectivity index (χ2n) is 5.05. The number of nitrogens with zero attached hydrogens (tertiary/aromatic N) is 1. The van der Waals surface area contributed by atoms with E-state index in [1.165, 1.54) is 6.42 Å². The molecule has 5 heteroatoms. The van der Waals surface area contributed by atoms with Gasteiger partial charge in [-0.25, -0.2) is 4.79 Å². The number of fused-ring (bicyclic) bond motifs is 1. The Kier molecular flexibility index (Phi) is 3.66. The molecule has 0 radical (unpaired) electrons. The Morgan fingerprint density at radius 1 is 1.18 bits per heavy atom. The molecule has 0 spiro atoms. The molecule has 1 amide bonds. The smallest absolute Gasteiger partial charge is 0.326 e. The quantitative estimate of drug-likeness (QED) is 0.739. The summed E-state index contributed by atoms with van der Waals surface area (Å²) >= 11 is 0. The summed E-state index contributed by atoms with van der Waals surface area (Å²) in [6.07, 6.45) is 5.83. The predicted octanol–water partition coefficient (Wildman–Crippen LogP) is 0.579. The van der Waals surface area contributed by atoms with Crippen LogP contribution in [-0.4, -0.2) is 40.5 Å². The fraction of sp³-hybridized carbons (Fsp3) is 0.833. The van der Waals surface area contributed by atoms with Crippen LogP contribution in [0.4, 0.5) is 0 Å². The lowest BCUT2D eigenvalue weighted by molar-refractivity contribution is -0.157. The molecule has 1 heterocycles. The molecule has 2 fully saturated rings. The van der Waals surface area contributed by atoms with Crippen LogP contribution in [0, 0.1) is 5.92 Å². The summed E-state index contributed by atoms with van der Waals surface area (Å²) in [5.74, 6) is -0.625. The zero-order valence-electron chi connectivity index (χ0n) is 9.97. The van der Waals surface area contributed by atoms with Crippen LogP contribution in [-0.2, 0) is 9.59 Å². The highest BCUT2D eigenvalue weighted by Crippen LogP contribution is 2.37. The molecule has 96 valence electrons. The molecular formula is C12H20N2O3. The van der Waals surface area contributed by atoms with Crippen molar-refractivity contribution >= 4 is 11.9 Å². The van der Waals surface area contributed by atoms with Gasteiger partial charge < -0.3 is 15.7 Å². The summed E-state index contributed by atoms with van der Waals surface area (Å²) < 4.78 is 0. The van der Waals surface area contributed by atoms with Crippen LogP contribution in [0.25, 0.3) is 0 Å². The van der Waals surface area contributed by atoms with Gasteiger partial charge in [0.2, 0.25) is 5.91 Å². The molecule has 17 heavy (non-hydrogen) atoms. The highest BCUT2D eigenvalue weighted by atomic mass is 16.4. The summed E-state index contributed by atoms with van der Waals surface area (Å²) in [7, 11) is 0. The molecule has 1 saturated carbocycles. The molecule has 3 unspecified atom stereocenters. The Bertz CT molecular complexity index is 319. The van der Waals surface area contributed by atoms with Crippen LogP contribution < -0.4 is 5.73 Å². The van der Waals surface area contributed by atoms with Crippen molar-refractivity contribution in [1.29, 1.82) is 0 Å². The van der Waals surface area contributed by atoms with Gasteiger partial charge in [0.05, 0.1) is 6.54 Å². The molecule has 0 aromatic carbocycles. The molecule has 5 nitrogen and oxygen atoms in total. The number of carbonyl (C=O) groups excluding carboxylic acids is 1. The number of aliphatic carboxylic acids is 1. The number of carboxylic acids is 1. The maximum Gasteiger partial charge on any atom is 0.326 e. The Balaban J connectivity index is 2.21. The number of amides is 1. The summed E-state index contributed by atoms with van der Waals surface area (Å²) in [6.45, 7) is -0.0903. The Labute approximate surface area is 101 Å². The summed E-state index contributed by atoms with van der Waals surface area (Å²) in [4.78, 5) is 24.7. The molecule has 3 N–H and O–H groups in total. The first-order valence-electron chi connectivity index (χ1n) is 6.39. The SMILES string of the molecule is NCC(=O)N1C(C(=O)O)CCC2CCCCC21. The van der Waals surface area contributed by atoms with Crippen LogP contribution in [0.2, 0.25) is 0 Å². The van der Waals surface area contributed by atoms with Crippen molar-refractivity contribution in [3.8, 4) is 0 Å². The summed E-state index contributed by atoms with van der Waals surface area (Å²) in [5, 5.41) is 9.21. The average Bonchev–Trinajstić information content (AvgIpc) is 2.36. The Morgan fingerprint density at radius 2 is 1.88 bits per heavy atom. The van der Waals surface area contributed by atoms with E-state index in [1.54, 1.807) is 4.90 Å². The van der Waals surface area contributed by atoms with E-state index in [0.717, 1.165) is 25.7 Å². The first-order valence-corrected chi connectivity index (χ1v) is 6.39. The summed E-state index contributed by atoms with van der Waals surface area (Å²) in [6, 6.07) is -0.556. The van der Waals surface area contributed by atoms with E-state index < -0.39 is 12.0 Å². The highest BCUT2D eigenvalue weighted by molar-refractivity contribution is 5.85. The second-order valence-corrected chi connectivity index (χ2v) is 5.05. The number of rotatable bonds is 2. The third-order valence-electron chi connectivity index (χ3n) is 4.12. The van der Waals surface area contributed by atoms with E-state index in [4.69, 9.17) is 5.73 Å². The van der Waals surface area contributed by atoms with Gasteiger partial charge in [-0.3, -0.25) is 4.79 Å². The molecular weight excluding hydrogens is 220 g/mol. The van der Waals surface area contributed by atoms with Crippen molar-refractivity contribution in [2.75, 3.05) is 6.54 Å². The second kappa shape index (κ2) is 5.04. The molecule has 0 aromatic rings. The van der Waals surface area contributed by atoms with Crippen molar-refractivity contribution in [2.24, 2.45) is 11.7 Å². The fourth-order valence-electron chi connectivity index (χ4n) is 3.34. The van der Waals surface area contributed by atoms with Gasteiger partial charge >= 0.3 is 5.97 Å². The molecule has 2 aliphatic rings.